The molecule has 0 aliphatic carbocycles. The van der Waals surface area contributed by atoms with Crippen molar-refractivity contribution in [3.8, 4) is 0 Å². The molecule has 394 valence electrons. The number of amides is 1. The summed E-state index contributed by atoms with van der Waals surface area (Å²) in [6, 6.07) is 32.0. The van der Waals surface area contributed by atoms with Crippen molar-refractivity contribution in [2.75, 3.05) is 20.2 Å². The Bertz CT molecular complexity index is 3490. The largest absolute Gasteiger partial charge is 0.481 e. The second-order valence-electron chi connectivity index (χ2n) is 20.0. The summed E-state index contributed by atoms with van der Waals surface area (Å²) in [6.07, 6.45) is 2.10. The van der Waals surface area contributed by atoms with Gasteiger partial charge in [-0.3, -0.25) is 14.4 Å². The SMILES string of the molecule is CCn1nnc2c(C)c(C(CC(=O)O)c3ccc4c(c3)CN(C(=O)c3ccc(C)c(C)c3)CC4)ccc21.CCn1nnc2c(C)c(C(CC(=O)OC)c3ccc4c(c3)CNCC4)ccc21.Cc1ccc(C(=O)O)cc1C. The lowest BCUT2D eigenvalue weighted by molar-refractivity contribution is -0.141. The number of methoxy groups -OCH3 is 1. The standard InChI is InChI=1S/C30H32N4O3.C22H26N4O2.C9H10O2/c1-5-34-27-11-10-25(20(4)29(27)31-32-34)26(16-28(35)36)22-9-8-21-12-13-33(17-24(21)15-22)30(37)23-7-6-18(2)19(3)14-23;1-4-26-20-8-7-18(14(2)22(20)24-25-26)19(12-21(27)28-3)16-6-5-15-9-10-23-13-17(15)11-16;1-6-3-4-8(9(10)11)5-7(6)2/h6-11,14-15,26H,5,12-13,16-17H2,1-4H3,(H,35,36);5-8,11,19,23H,4,9-10,12-13H2,1-3H3;3-5H,1-2H3,(H,10,11). The number of ether oxygens (including phenoxy) is 1. The predicted molar refractivity (Wildman–Crippen MR) is 294 cm³/mol. The van der Waals surface area contributed by atoms with Crippen molar-refractivity contribution in [2.24, 2.45) is 0 Å². The molecule has 0 fully saturated rings. The van der Waals surface area contributed by atoms with Gasteiger partial charge in [0.05, 0.1) is 36.5 Å². The second kappa shape index (κ2) is 23.7. The number of aliphatic carboxylic acids is 1. The molecular weight excluding hydrogens is 957 g/mol. The van der Waals surface area contributed by atoms with Crippen LogP contribution in [0.4, 0.5) is 0 Å². The van der Waals surface area contributed by atoms with E-state index < -0.39 is 11.9 Å². The summed E-state index contributed by atoms with van der Waals surface area (Å²) in [5, 5.41) is 39.1. The average molecular weight is 1030 g/mol. The lowest BCUT2D eigenvalue weighted by atomic mass is 9.83. The minimum absolute atomic E-state index is 0.0292. The van der Waals surface area contributed by atoms with E-state index in [0.717, 1.165) is 117 Å². The number of nitrogens with one attached hydrogen (secondary N) is 1. The maximum Gasteiger partial charge on any atom is 0.335 e. The minimum Gasteiger partial charge on any atom is -0.481 e. The minimum atomic E-state index is -0.867. The molecule has 4 heterocycles. The molecule has 0 saturated heterocycles. The Morgan fingerprint density at radius 2 is 1.13 bits per heavy atom. The highest BCUT2D eigenvalue weighted by atomic mass is 16.5. The Morgan fingerprint density at radius 3 is 1.66 bits per heavy atom. The quantitative estimate of drug-likeness (QED) is 0.0982. The van der Waals surface area contributed by atoms with E-state index in [1.54, 1.807) is 12.1 Å². The molecule has 0 radical (unpaired) electrons. The smallest absolute Gasteiger partial charge is 0.335 e. The number of nitrogens with zero attached hydrogens (tertiary/aromatic N) is 7. The molecule has 0 saturated carbocycles. The molecule has 76 heavy (non-hydrogen) atoms. The highest BCUT2D eigenvalue weighted by molar-refractivity contribution is 5.94. The molecule has 2 aromatic heterocycles. The number of carbonyl (C=O) groups excluding carboxylic acids is 2. The number of esters is 1. The number of rotatable bonds is 12. The number of carboxylic acid groups (broad SMARTS) is 2. The molecule has 0 bridgehead atoms. The number of fused-ring (bicyclic) bond motifs is 4. The third-order valence-corrected chi connectivity index (χ3v) is 15.3. The van der Waals surface area contributed by atoms with Crippen LogP contribution in [0.5, 0.6) is 0 Å². The first-order valence-electron chi connectivity index (χ1n) is 26.0. The number of hydrogen-bond donors (Lipinski definition) is 3. The van der Waals surface area contributed by atoms with E-state index in [0.29, 0.717) is 30.6 Å². The zero-order valence-electron chi connectivity index (χ0n) is 45.0. The van der Waals surface area contributed by atoms with E-state index in [1.807, 2.05) is 98.3 Å². The van der Waals surface area contributed by atoms with Gasteiger partial charge >= 0.3 is 17.9 Å². The molecule has 0 spiro atoms. The van der Waals surface area contributed by atoms with Crippen molar-refractivity contribution in [3.63, 3.8) is 0 Å². The number of aryl methyl sites for hydroxylation is 8. The maximum atomic E-state index is 13.3. The maximum absolute atomic E-state index is 13.3. The first-order chi connectivity index (χ1) is 36.5. The van der Waals surface area contributed by atoms with Crippen LogP contribution >= 0.6 is 0 Å². The lowest BCUT2D eigenvalue weighted by Gasteiger charge is -2.30. The lowest BCUT2D eigenvalue weighted by Crippen LogP contribution is -2.36. The predicted octanol–water partition coefficient (Wildman–Crippen LogP) is 10.3. The molecule has 3 N–H and O–H groups in total. The second-order valence-corrected chi connectivity index (χ2v) is 20.0. The number of carbonyl (C=O) groups is 4. The van der Waals surface area contributed by atoms with Crippen LogP contribution in [0.15, 0.2) is 97.1 Å². The first-order valence-corrected chi connectivity index (χ1v) is 26.0. The molecule has 2 atom stereocenters. The van der Waals surface area contributed by atoms with Crippen molar-refractivity contribution in [3.05, 3.63) is 186 Å². The monoisotopic (exact) mass is 1020 g/mol. The summed E-state index contributed by atoms with van der Waals surface area (Å²) in [6.45, 7) is 20.6. The molecule has 6 aromatic carbocycles. The zero-order chi connectivity index (χ0) is 54.4. The Labute approximate surface area is 443 Å². The Hall–Kier alpha value is -8.04. The average Bonchev–Trinajstić information content (AvgIpc) is 4.07. The van der Waals surface area contributed by atoms with E-state index in [4.69, 9.17) is 9.84 Å². The van der Waals surface area contributed by atoms with Crippen molar-refractivity contribution in [2.45, 2.75) is 119 Å². The highest BCUT2D eigenvalue weighted by Crippen LogP contribution is 2.37. The Morgan fingerprint density at radius 1 is 0.605 bits per heavy atom. The molecule has 2 aliphatic heterocycles. The van der Waals surface area contributed by atoms with Crippen molar-refractivity contribution >= 4 is 45.9 Å². The van der Waals surface area contributed by atoms with Crippen LogP contribution in [0.1, 0.15) is 137 Å². The third-order valence-electron chi connectivity index (χ3n) is 15.3. The van der Waals surface area contributed by atoms with Gasteiger partial charge in [0.1, 0.15) is 11.0 Å². The van der Waals surface area contributed by atoms with Gasteiger partial charge < -0.3 is 25.2 Å². The van der Waals surface area contributed by atoms with E-state index in [1.165, 1.54) is 29.4 Å². The van der Waals surface area contributed by atoms with Gasteiger partial charge in [0.2, 0.25) is 0 Å². The topological polar surface area (TPSA) is 195 Å². The molecule has 10 rings (SSSR count). The highest BCUT2D eigenvalue weighted by Gasteiger charge is 2.28. The van der Waals surface area contributed by atoms with Crippen LogP contribution in [0, 0.1) is 41.5 Å². The summed E-state index contributed by atoms with van der Waals surface area (Å²) in [4.78, 5) is 49.8. The van der Waals surface area contributed by atoms with Crippen LogP contribution in [0.25, 0.3) is 22.1 Å². The number of benzene rings is 6. The van der Waals surface area contributed by atoms with Gasteiger partial charge in [-0.25, -0.2) is 14.2 Å². The van der Waals surface area contributed by atoms with Gasteiger partial charge in [-0.1, -0.05) is 71.1 Å². The van der Waals surface area contributed by atoms with E-state index in [9.17, 15) is 24.3 Å². The van der Waals surface area contributed by atoms with E-state index in [-0.39, 0.29) is 30.1 Å². The Balaban J connectivity index is 0.000000172. The van der Waals surface area contributed by atoms with Crippen LogP contribution in [-0.4, -0.2) is 89.1 Å². The van der Waals surface area contributed by atoms with E-state index >= 15 is 0 Å². The summed E-state index contributed by atoms with van der Waals surface area (Å²) in [7, 11) is 1.44. The summed E-state index contributed by atoms with van der Waals surface area (Å²) in [5.41, 5.74) is 20.3. The van der Waals surface area contributed by atoms with Crippen LogP contribution in [0.2, 0.25) is 0 Å². The van der Waals surface area contributed by atoms with E-state index in [2.05, 4.69) is 82.3 Å². The van der Waals surface area contributed by atoms with Crippen LogP contribution in [-0.2, 0) is 53.3 Å². The van der Waals surface area contributed by atoms with Crippen LogP contribution < -0.4 is 5.32 Å². The molecular formula is C61H68N8O7. The zero-order valence-corrected chi connectivity index (χ0v) is 45.0. The summed E-state index contributed by atoms with van der Waals surface area (Å²) in [5.74, 6) is -2.31. The van der Waals surface area contributed by atoms with Crippen molar-refractivity contribution in [1.82, 2.24) is 40.2 Å². The number of aromatic carboxylic acids is 1. The first kappa shape index (κ1) is 54.2. The van der Waals surface area contributed by atoms with Gasteiger partial charge in [0, 0.05) is 50.1 Å². The fraction of sp³-hybridized carbons (Fsp3) is 0.344. The van der Waals surface area contributed by atoms with Gasteiger partial charge in [-0.2, -0.15) is 0 Å². The fourth-order valence-electron chi connectivity index (χ4n) is 10.4. The van der Waals surface area contributed by atoms with Gasteiger partial charge in [0.15, 0.2) is 0 Å². The molecule has 2 unspecified atom stereocenters. The summed E-state index contributed by atoms with van der Waals surface area (Å²) >= 11 is 0. The normalized spacial score (nSPS) is 13.6. The molecule has 1 amide bonds. The van der Waals surface area contributed by atoms with Crippen molar-refractivity contribution < 1.29 is 34.1 Å². The van der Waals surface area contributed by atoms with Crippen LogP contribution in [0.3, 0.4) is 0 Å². The summed E-state index contributed by atoms with van der Waals surface area (Å²) < 4.78 is 8.74. The molecule has 2 aliphatic rings. The van der Waals surface area contributed by atoms with Crippen molar-refractivity contribution in [1.29, 1.82) is 0 Å². The number of carboxylic acids is 2. The molecule has 15 heteroatoms. The molecule has 15 nitrogen and oxygen atoms in total. The van der Waals surface area contributed by atoms with Gasteiger partial charge in [0.25, 0.3) is 5.91 Å². The van der Waals surface area contributed by atoms with Gasteiger partial charge in [-0.05, 0) is 189 Å². The molecule has 8 aromatic rings. The number of aromatic nitrogens is 6. The number of hydrogen-bond acceptors (Lipinski definition) is 10. The van der Waals surface area contributed by atoms with Gasteiger partial charge in [-0.15, -0.1) is 10.2 Å². The third kappa shape index (κ3) is 11.7. The fourth-order valence-corrected chi connectivity index (χ4v) is 10.4. The Kier molecular flexibility index (Phi) is 16.9.